The third-order valence-corrected chi connectivity index (χ3v) is 5.13. The summed E-state index contributed by atoms with van der Waals surface area (Å²) in [7, 11) is -2.47. The van der Waals surface area contributed by atoms with Crippen LogP contribution >= 0.6 is 0 Å². The van der Waals surface area contributed by atoms with E-state index in [9.17, 15) is 17.6 Å². The minimum atomic E-state index is -4.06. The van der Waals surface area contributed by atoms with Crippen LogP contribution in [0, 0.1) is 12.7 Å². The van der Waals surface area contributed by atoms with Crippen molar-refractivity contribution < 1.29 is 17.6 Å². The van der Waals surface area contributed by atoms with Crippen molar-refractivity contribution in [3.05, 3.63) is 23.5 Å². The van der Waals surface area contributed by atoms with Crippen molar-refractivity contribution >= 4 is 21.6 Å². The molecule has 0 unspecified atom stereocenters. The van der Waals surface area contributed by atoms with Gasteiger partial charge in [0.15, 0.2) is 0 Å². The standard InChI is InChI=1S/C12H16FN3O3S/c1-8-5-9(14)6-10(12(8)13)20(18,19)16-4-3-15(2)11(17)7-16/h5-6H,3-4,7,14H2,1-2H3. The van der Waals surface area contributed by atoms with Crippen molar-refractivity contribution in [2.24, 2.45) is 0 Å². The highest BCUT2D eigenvalue weighted by molar-refractivity contribution is 7.89. The summed E-state index contributed by atoms with van der Waals surface area (Å²) in [5.74, 6) is -1.15. The van der Waals surface area contributed by atoms with Crippen molar-refractivity contribution in [1.82, 2.24) is 9.21 Å². The van der Waals surface area contributed by atoms with Crippen LogP contribution in [0.2, 0.25) is 0 Å². The average Bonchev–Trinajstić information content (AvgIpc) is 2.36. The van der Waals surface area contributed by atoms with Crippen molar-refractivity contribution in [3.63, 3.8) is 0 Å². The maximum absolute atomic E-state index is 14.0. The topological polar surface area (TPSA) is 83.7 Å². The van der Waals surface area contributed by atoms with Gasteiger partial charge < -0.3 is 10.6 Å². The number of aryl methyl sites for hydroxylation is 1. The van der Waals surface area contributed by atoms with Crippen LogP contribution in [-0.4, -0.2) is 50.2 Å². The van der Waals surface area contributed by atoms with Gasteiger partial charge in [0.25, 0.3) is 0 Å². The number of anilines is 1. The zero-order valence-corrected chi connectivity index (χ0v) is 12.1. The summed E-state index contributed by atoms with van der Waals surface area (Å²) in [5, 5.41) is 0. The zero-order chi connectivity index (χ0) is 15.1. The second kappa shape index (κ2) is 5.02. The molecule has 0 bridgehead atoms. The normalized spacial score (nSPS) is 17.6. The minimum Gasteiger partial charge on any atom is -0.399 e. The van der Waals surface area contributed by atoms with E-state index in [1.54, 1.807) is 7.05 Å². The quantitative estimate of drug-likeness (QED) is 0.790. The largest absolute Gasteiger partial charge is 0.399 e. The number of amides is 1. The number of hydrogen-bond acceptors (Lipinski definition) is 4. The summed E-state index contributed by atoms with van der Waals surface area (Å²) >= 11 is 0. The smallest absolute Gasteiger partial charge is 0.246 e. The van der Waals surface area contributed by atoms with Crippen LogP contribution in [0.4, 0.5) is 10.1 Å². The van der Waals surface area contributed by atoms with Gasteiger partial charge >= 0.3 is 0 Å². The van der Waals surface area contributed by atoms with E-state index in [0.29, 0.717) is 0 Å². The van der Waals surface area contributed by atoms with Gasteiger partial charge in [-0.2, -0.15) is 4.31 Å². The molecule has 0 aromatic heterocycles. The van der Waals surface area contributed by atoms with Gasteiger partial charge in [0.2, 0.25) is 15.9 Å². The SMILES string of the molecule is Cc1cc(N)cc(S(=O)(=O)N2CCN(C)C(=O)C2)c1F. The lowest BCUT2D eigenvalue weighted by Crippen LogP contribution is -2.50. The maximum Gasteiger partial charge on any atom is 0.246 e. The number of nitrogens with two attached hydrogens (primary N) is 1. The van der Waals surface area contributed by atoms with Crippen LogP contribution in [0.1, 0.15) is 5.56 Å². The highest BCUT2D eigenvalue weighted by Gasteiger charge is 2.33. The molecule has 1 aromatic carbocycles. The van der Waals surface area contributed by atoms with Crippen LogP contribution < -0.4 is 5.73 Å². The highest BCUT2D eigenvalue weighted by Crippen LogP contribution is 2.25. The lowest BCUT2D eigenvalue weighted by atomic mass is 10.2. The van der Waals surface area contributed by atoms with Gasteiger partial charge in [-0.3, -0.25) is 4.79 Å². The molecule has 0 atom stereocenters. The molecular weight excluding hydrogens is 285 g/mol. The summed E-state index contributed by atoms with van der Waals surface area (Å²) < 4.78 is 39.9. The number of carbonyl (C=O) groups excluding carboxylic acids is 1. The lowest BCUT2D eigenvalue weighted by molar-refractivity contribution is -0.132. The fourth-order valence-corrected chi connectivity index (χ4v) is 3.59. The number of nitrogens with zero attached hydrogens (tertiary/aromatic N) is 2. The van der Waals surface area contributed by atoms with E-state index in [4.69, 9.17) is 5.73 Å². The molecule has 0 spiro atoms. The Labute approximate surface area is 117 Å². The van der Waals surface area contributed by atoms with Crippen molar-refractivity contribution in [3.8, 4) is 0 Å². The molecule has 1 saturated heterocycles. The number of likely N-dealkylation sites (N-methyl/N-ethyl adjacent to an activating group) is 1. The van der Waals surface area contributed by atoms with E-state index in [1.165, 1.54) is 17.9 Å². The van der Waals surface area contributed by atoms with Gasteiger partial charge in [0.1, 0.15) is 10.7 Å². The van der Waals surface area contributed by atoms with Crippen LogP contribution in [-0.2, 0) is 14.8 Å². The first-order chi connectivity index (χ1) is 9.23. The number of halogens is 1. The summed E-state index contributed by atoms with van der Waals surface area (Å²) in [4.78, 5) is 12.6. The molecular formula is C12H16FN3O3S. The van der Waals surface area contributed by atoms with Crippen molar-refractivity contribution in [1.29, 1.82) is 0 Å². The van der Waals surface area contributed by atoms with Gasteiger partial charge in [-0.25, -0.2) is 12.8 Å². The molecule has 110 valence electrons. The van der Waals surface area contributed by atoms with E-state index in [-0.39, 0.29) is 36.8 Å². The number of nitrogen functional groups attached to an aromatic ring is 1. The summed E-state index contributed by atoms with van der Waals surface area (Å²) in [6, 6.07) is 2.45. The molecule has 2 rings (SSSR count). The fraction of sp³-hybridized carbons (Fsp3) is 0.417. The van der Waals surface area contributed by atoms with Gasteiger partial charge in [0, 0.05) is 25.8 Å². The van der Waals surface area contributed by atoms with Crippen molar-refractivity contribution in [2.45, 2.75) is 11.8 Å². The monoisotopic (exact) mass is 301 g/mol. The summed E-state index contributed by atoms with van der Waals surface area (Å²) in [5.41, 5.74) is 5.90. The Hall–Kier alpha value is -1.67. The number of hydrogen-bond donors (Lipinski definition) is 1. The summed E-state index contributed by atoms with van der Waals surface area (Å²) in [6.07, 6.45) is 0. The second-order valence-electron chi connectivity index (χ2n) is 4.80. The third kappa shape index (κ3) is 2.48. The first-order valence-electron chi connectivity index (χ1n) is 6.03. The number of rotatable bonds is 2. The number of piperazine rings is 1. The minimum absolute atomic E-state index is 0.137. The van der Waals surface area contributed by atoms with Crippen LogP contribution in [0.5, 0.6) is 0 Å². The molecule has 0 aliphatic carbocycles. The molecule has 0 saturated carbocycles. The van der Waals surface area contributed by atoms with Crippen LogP contribution in [0.15, 0.2) is 17.0 Å². The molecule has 1 heterocycles. The molecule has 1 aliphatic heterocycles. The molecule has 6 nitrogen and oxygen atoms in total. The average molecular weight is 301 g/mol. The zero-order valence-electron chi connectivity index (χ0n) is 11.3. The second-order valence-corrected chi connectivity index (χ2v) is 6.71. The first kappa shape index (κ1) is 14.7. The Morgan fingerprint density at radius 2 is 1.95 bits per heavy atom. The Morgan fingerprint density at radius 1 is 1.30 bits per heavy atom. The van der Waals surface area contributed by atoms with Crippen molar-refractivity contribution in [2.75, 3.05) is 32.4 Å². The van der Waals surface area contributed by atoms with Gasteiger partial charge in [0.05, 0.1) is 6.54 Å². The molecule has 0 radical (unpaired) electrons. The predicted molar refractivity (Wildman–Crippen MR) is 71.9 cm³/mol. The van der Waals surface area contributed by atoms with E-state index in [2.05, 4.69) is 0 Å². The van der Waals surface area contributed by atoms with Gasteiger partial charge in [-0.05, 0) is 24.6 Å². The lowest BCUT2D eigenvalue weighted by Gasteiger charge is -2.31. The van der Waals surface area contributed by atoms with E-state index in [1.807, 2.05) is 0 Å². The molecule has 20 heavy (non-hydrogen) atoms. The number of carbonyl (C=O) groups is 1. The fourth-order valence-electron chi connectivity index (χ4n) is 2.03. The molecule has 1 aromatic rings. The maximum atomic E-state index is 14.0. The van der Waals surface area contributed by atoms with E-state index < -0.39 is 20.7 Å². The molecule has 1 amide bonds. The highest BCUT2D eigenvalue weighted by atomic mass is 32.2. The molecule has 1 fully saturated rings. The molecule has 2 N–H and O–H groups in total. The van der Waals surface area contributed by atoms with Gasteiger partial charge in [-0.1, -0.05) is 0 Å². The van der Waals surface area contributed by atoms with Crippen LogP contribution in [0.25, 0.3) is 0 Å². The molecule has 1 aliphatic rings. The molecule has 8 heteroatoms. The third-order valence-electron chi connectivity index (χ3n) is 3.28. The predicted octanol–water partition coefficient (Wildman–Crippen LogP) is 0.179. The van der Waals surface area contributed by atoms with E-state index in [0.717, 1.165) is 10.4 Å². The first-order valence-corrected chi connectivity index (χ1v) is 7.47. The van der Waals surface area contributed by atoms with Gasteiger partial charge in [-0.15, -0.1) is 0 Å². The Balaban J connectivity index is 2.44. The van der Waals surface area contributed by atoms with Crippen LogP contribution in [0.3, 0.4) is 0 Å². The number of sulfonamides is 1. The Kier molecular flexibility index (Phi) is 3.70. The summed E-state index contributed by atoms with van der Waals surface area (Å²) in [6.45, 7) is 1.57. The van der Waals surface area contributed by atoms with E-state index >= 15 is 0 Å². The number of benzene rings is 1. The Bertz CT molecular complexity index is 660. The Morgan fingerprint density at radius 3 is 2.55 bits per heavy atom.